The molecule has 3 aromatic heterocycles. The lowest BCUT2D eigenvalue weighted by Crippen LogP contribution is -2.25. The van der Waals surface area contributed by atoms with Gasteiger partial charge in [-0.2, -0.15) is 37.7 Å². The van der Waals surface area contributed by atoms with E-state index in [2.05, 4.69) is 42.7 Å². The molecule has 0 spiro atoms. The summed E-state index contributed by atoms with van der Waals surface area (Å²) in [4.78, 5) is 33.6. The van der Waals surface area contributed by atoms with Crippen molar-refractivity contribution in [2.75, 3.05) is 13.1 Å². The number of pyridine rings is 1. The summed E-state index contributed by atoms with van der Waals surface area (Å²) < 4.78 is 63.5. The molecule has 0 saturated carbocycles. The van der Waals surface area contributed by atoms with Crippen molar-refractivity contribution >= 4 is 23.3 Å². The van der Waals surface area contributed by atoms with E-state index in [4.69, 9.17) is 19.8 Å². The first-order valence-corrected chi connectivity index (χ1v) is 11.3. The van der Waals surface area contributed by atoms with Gasteiger partial charge >= 0.3 is 24.3 Å². The summed E-state index contributed by atoms with van der Waals surface area (Å²) in [5.41, 5.74) is 6.00. The Bertz CT molecular complexity index is 1130. The first-order chi connectivity index (χ1) is 17.3. The minimum Gasteiger partial charge on any atom is -0.475 e. The number of carbonyl (C=O) groups is 2. The van der Waals surface area contributed by atoms with Gasteiger partial charge in [0.05, 0.1) is 5.69 Å². The zero-order chi connectivity index (χ0) is 27.6. The normalized spacial score (nSPS) is 13.7. The maximum absolute atomic E-state index is 10.6. The Morgan fingerprint density at radius 2 is 1.59 bits per heavy atom. The molecule has 0 amide bonds. The van der Waals surface area contributed by atoms with E-state index >= 15 is 0 Å². The fourth-order valence-electron chi connectivity index (χ4n) is 3.12. The maximum atomic E-state index is 10.6. The predicted octanol–water partition coefficient (Wildman–Crippen LogP) is 4.47. The third kappa shape index (κ3) is 9.76. The summed E-state index contributed by atoms with van der Waals surface area (Å²) in [6.45, 7) is 3.11. The van der Waals surface area contributed by atoms with Crippen LogP contribution in [0.3, 0.4) is 0 Å². The quantitative estimate of drug-likeness (QED) is 0.459. The number of hydrogen-bond acceptors (Lipinski definition) is 7. The molecule has 1 aliphatic rings. The van der Waals surface area contributed by atoms with Crippen LogP contribution in [0, 0.1) is 0 Å². The SMILES string of the molecule is O=C(O)C(F)(F)F.O=C(O)C(F)(F)F.c1cncc(-c2ncnc3c2CCN(Cc2ccsc2)CC3)c1. The highest BCUT2D eigenvalue weighted by Gasteiger charge is 2.38. The molecule has 2 N–H and O–H groups in total. The zero-order valence-corrected chi connectivity index (χ0v) is 19.6. The molecule has 37 heavy (non-hydrogen) atoms. The molecule has 0 atom stereocenters. The molecular weight excluding hydrogens is 530 g/mol. The van der Waals surface area contributed by atoms with Crippen molar-refractivity contribution in [2.45, 2.75) is 31.7 Å². The minimum atomic E-state index is -5.08. The van der Waals surface area contributed by atoms with Gasteiger partial charge in [0.2, 0.25) is 0 Å². The van der Waals surface area contributed by atoms with Crippen molar-refractivity contribution in [1.82, 2.24) is 19.9 Å². The lowest BCUT2D eigenvalue weighted by atomic mass is 10.0. The van der Waals surface area contributed by atoms with Gasteiger partial charge in [0.25, 0.3) is 0 Å². The smallest absolute Gasteiger partial charge is 0.475 e. The van der Waals surface area contributed by atoms with Crippen LogP contribution in [-0.2, 0) is 29.0 Å². The molecule has 3 aromatic rings. The standard InChI is InChI=1S/C18H18N4S.2C2HF3O2/c1-2-15(10-19-6-1)18-16-3-7-22(11-14-5-9-23-12-14)8-4-17(16)20-13-21-18;2*3-2(4,5)1(6)7/h1-2,5-6,9-10,12-13H,3-4,7-8,11H2;2*(H,6,7). The van der Waals surface area contributed by atoms with Gasteiger partial charge in [0.15, 0.2) is 0 Å². The molecule has 0 unspecified atom stereocenters. The van der Waals surface area contributed by atoms with Crippen LogP contribution in [0.4, 0.5) is 26.3 Å². The lowest BCUT2D eigenvalue weighted by molar-refractivity contribution is -0.193. The molecule has 1 aliphatic heterocycles. The van der Waals surface area contributed by atoms with Crippen LogP contribution < -0.4 is 0 Å². The zero-order valence-electron chi connectivity index (χ0n) is 18.8. The van der Waals surface area contributed by atoms with Crippen molar-refractivity contribution < 1.29 is 46.1 Å². The Morgan fingerprint density at radius 1 is 0.973 bits per heavy atom. The van der Waals surface area contributed by atoms with Crippen LogP contribution in [-0.4, -0.2) is 67.4 Å². The molecule has 4 heterocycles. The topological polar surface area (TPSA) is 117 Å². The highest BCUT2D eigenvalue weighted by Crippen LogP contribution is 2.25. The van der Waals surface area contributed by atoms with E-state index < -0.39 is 24.3 Å². The molecule has 200 valence electrons. The summed E-state index contributed by atoms with van der Waals surface area (Å²) in [7, 11) is 0. The van der Waals surface area contributed by atoms with Crippen molar-refractivity contribution in [2.24, 2.45) is 0 Å². The number of rotatable bonds is 3. The van der Waals surface area contributed by atoms with E-state index in [1.54, 1.807) is 23.9 Å². The van der Waals surface area contributed by atoms with E-state index in [-0.39, 0.29) is 0 Å². The summed E-state index contributed by atoms with van der Waals surface area (Å²) in [6, 6.07) is 6.25. The first-order valence-electron chi connectivity index (χ1n) is 10.4. The lowest BCUT2D eigenvalue weighted by Gasteiger charge is -2.18. The molecule has 0 radical (unpaired) electrons. The average Bonchev–Trinajstić information content (AvgIpc) is 3.25. The van der Waals surface area contributed by atoms with E-state index in [0.717, 1.165) is 43.7 Å². The predicted molar refractivity (Wildman–Crippen MR) is 120 cm³/mol. The number of aliphatic carboxylic acids is 2. The number of thiophene rings is 1. The van der Waals surface area contributed by atoms with Crippen molar-refractivity contribution in [3.63, 3.8) is 0 Å². The molecule has 0 saturated heterocycles. The van der Waals surface area contributed by atoms with Gasteiger partial charge in [-0.05, 0) is 40.9 Å². The number of carboxylic acids is 2. The third-order valence-electron chi connectivity index (χ3n) is 4.78. The highest BCUT2D eigenvalue weighted by atomic mass is 32.1. The number of halogens is 6. The van der Waals surface area contributed by atoms with Gasteiger partial charge in [-0.1, -0.05) is 0 Å². The van der Waals surface area contributed by atoms with Gasteiger partial charge in [-0.25, -0.2) is 19.6 Å². The Balaban J connectivity index is 0.000000286. The minimum absolute atomic E-state index is 0.981. The molecular formula is C22H20F6N4O4S. The number of fused-ring (bicyclic) bond motifs is 1. The van der Waals surface area contributed by atoms with Crippen LogP contribution in [0.25, 0.3) is 11.3 Å². The van der Waals surface area contributed by atoms with Gasteiger partial charge in [0.1, 0.15) is 6.33 Å². The van der Waals surface area contributed by atoms with Crippen LogP contribution in [0.5, 0.6) is 0 Å². The molecule has 15 heteroatoms. The van der Waals surface area contributed by atoms with Gasteiger partial charge < -0.3 is 10.2 Å². The molecule has 0 bridgehead atoms. The molecule has 0 aromatic carbocycles. The first kappa shape index (κ1) is 29.6. The molecule has 0 fully saturated rings. The fourth-order valence-corrected chi connectivity index (χ4v) is 3.78. The maximum Gasteiger partial charge on any atom is 0.490 e. The number of nitrogens with zero attached hydrogens (tertiary/aromatic N) is 4. The van der Waals surface area contributed by atoms with E-state index in [9.17, 15) is 26.3 Å². The largest absolute Gasteiger partial charge is 0.490 e. The van der Waals surface area contributed by atoms with Crippen LogP contribution in [0.1, 0.15) is 16.8 Å². The second-order valence-electron chi connectivity index (χ2n) is 7.40. The summed E-state index contributed by atoms with van der Waals surface area (Å²) >= 11 is 1.76. The monoisotopic (exact) mass is 550 g/mol. The third-order valence-corrected chi connectivity index (χ3v) is 5.52. The second-order valence-corrected chi connectivity index (χ2v) is 8.18. The molecule has 8 nitrogen and oxygen atoms in total. The second kappa shape index (κ2) is 13.1. The summed E-state index contributed by atoms with van der Waals surface area (Å²) in [5.74, 6) is -5.51. The number of alkyl halides is 6. The van der Waals surface area contributed by atoms with E-state index in [0.29, 0.717) is 0 Å². The Hall–Kier alpha value is -3.59. The molecule has 0 aliphatic carbocycles. The average molecular weight is 550 g/mol. The van der Waals surface area contributed by atoms with Gasteiger partial charge in [-0.3, -0.25) is 9.88 Å². The summed E-state index contributed by atoms with van der Waals surface area (Å²) in [5, 5.41) is 18.6. The van der Waals surface area contributed by atoms with Crippen LogP contribution in [0.15, 0.2) is 47.7 Å². The fraction of sp³-hybridized carbons (Fsp3) is 0.318. The molecule has 4 rings (SSSR count). The Kier molecular flexibility index (Phi) is 10.5. The highest BCUT2D eigenvalue weighted by molar-refractivity contribution is 7.07. The Labute approximate surface area is 210 Å². The van der Waals surface area contributed by atoms with Gasteiger partial charge in [-0.15, -0.1) is 0 Å². The van der Waals surface area contributed by atoms with Crippen molar-refractivity contribution in [3.8, 4) is 11.3 Å². The number of hydrogen-bond donors (Lipinski definition) is 2. The van der Waals surface area contributed by atoms with E-state index in [1.807, 2.05) is 12.3 Å². The van der Waals surface area contributed by atoms with Gasteiger partial charge in [0, 0.05) is 55.3 Å². The summed E-state index contributed by atoms with van der Waals surface area (Å²) in [6.07, 6.45) is -2.82. The number of aromatic nitrogens is 3. The van der Waals surface area contributed by atoms with Crippen LogP contribution in [0.2, 0.25) is 0 Å². The van der Waals surface area contributed by atoms with Crippen molar-refractivity contribution in [3.05, 3.63) is 64.5 Å². The number of carboxylic acid groups (broad SMARTS) is 2. The van der Waals surface area contributed by atoms with E-state index in [1.165, 1.54) is 16.8 Å². The van der Waals surface area contributed by atoms with Crippen molar-refractivity contribution in [1.29, 1.82) is 0 Å². The Morgan fingerprint density at radius 3 is 2.11 bits per heavy atom. The van der Waals surface area contributed by atoms with Crippen LogP contribution >= 0.6 is 11.3 Å².